The van der Waals surface area contributed by atoms with Crippen molar-refractivity contribution in [1.82, 2.24) is 4.98 Å². The fraction of sp³-hybridized carbons (Fsp3) is 0.500. The second-order valence-corrected chi connectivity index (χ2v) is 5.81. The Hall–Kier alpha value is -0.720. The Kier molecular flexibility index (Phi) is 5.11. The topological polar surface area (TPSA) is 36.7 Å². The Morgan fingerprint density at radius 1 is 1.50 bits per heavy atom. The molecule has 0 radical (unpaired) electrons. The van der Waals surface area contributed by atoms with Gasteiger partial charge in [-0.25, -0.2) is 4.98 Å². The van der Waals surface area contributed by atoms with Crippen LogP contribution in [-0.4, -0.2) is 10.7 Å². The molecule has 1 heterocycles. The molecule has 0 aliphatic heterocycles. The summed E-state index contributed by atoms with van der Waals surface area (Å²) in [5.41, 5.74) is -0.214. The average Bonchev–Trinajstić information content (AvgIpc) is 2.27. The van der Waals surface area contributed by atoms with Gasteiger partial charge in [0.1, 0.15) is 0 Å². The summed E-state index contributed by atoms with van der Waals surface area (Å²) in [5.74, 6) is 0.986. The molecule has 0 aliphatic rings. The van der Waals surface area contributed by atoms with Crippen LogP contribution in [0.25, 0.3) is 0 Å². The summed E-state index contributed by atoms with van der Waals surface area (Å²) in [5, 5.41) is 10.5. The predicted molar refractivity (Wildman–Crippen MR) is 68.6 cm³/mol. The molecule has 0 unspecified atom stereocenters. The van der Waals surface area contributed by atoms with E-state index >= 15 is 0 Å². The van der Waals surface area contributed by atoms with Gasteiger partial charge in [0.05, 0.1) is 21.5 Å². The highest BCUT2D eigenvalue weighted by Crippen LogP contribution is 2.24. The van der Waals surface area contributed by atoms with E-state index in [9.17, 15) is 0 Å². The zero-order valence-corrected chi connectivity index (χ0v) is 11.1. The first-order chi connectivity index (χ1) is 7.53. The molecule has 0 fully saturated rings. The third-order valence-electron chi connectivity index (χ3n) is 2.20. The largest absolute Gasteiger partial charge is 0.248 e. The second kappa shape index (κ2) is 6.12. The lowest BCUT2D eigenvalue weighted by molar-refractivity contribution is 0.448. The lowest BCUT2D eigenvalue weighted by Gasteiger charge is -2.13. The standard InChI is InChI=1S/C12H15ClN2S/c1-12(2,9-14)6-3-7-16-11-5-4-10(13)8-15-11/h4-5,8H,3,6-7H2,1-2H3. The van der Waals surface area contributed by atoms with Crippen LogP contribution in [0.15, 0.2) is 23.4 Å². The van der Waals surface area contributed by atoms with Crippen molar-refractivity contribution in [3.8, 4) is 6.07 Å². The number of nitrogens with zero attached hydrogens (tertiary/aromatic N) is 2. The number of hydrogen-bond donors (Lipinski definition) is 0. The average molecular weight is 255 g/mol. The fourth-order valence-corrected chi connectivity index (χ4v) is 2.10. The molecule has 1 rings (SSSR count). The number of aromatic nitrogens is 1. The Bertz CT molecular complexity index is 368. The van der Waals surface area contributed by atoms with Crippen molar-refractivity contribution in [2.75, 3.05) is 5.75 Å². The van der Waals surface area contributed by atoms with Crippen molar-refractivity contribution in [1.29, 1.82) is 5.26 Å². The lowest BCUT2D eigenvalue weighted by Crippen LogP contribution is -2.07. The minimum absolute atomic E-state index is 0.214. The molecule has 0 aromatic carbocycles. The molecule has 0 atom stereocenters. The van der Waals surface area contributed by atoms with E-state index in [2.05, 4.69) is 11.1 Å². The van der Waals surface area contributed by atoms with Crippen LogP contribution in [0.1, 0.15) is 26.7 Å². The van der Waals surface area contributed by atoms with E-state index in [4.69, 9.17) is 16.9 Å². The quantitative estimate of drug-likeness (QED) is 0.585. The Balaban J connectivity index is 2.27. The third kappa shape index (κ3) is 4.87. The van der Waals surface area contributed by atoms with E-state index in [-0.39, 0.29) is 5.41 Å². The summed E-state index contributed by atoms with van der Waals surface area (Å²) in [4.78, 5) is 4.20. The van der Waals surface area contributed by atoms with Gasteiger partial charge in [-0.3, -0.25) is 0 Å². The highest BCUT2D eigenvalue weighted by Gasteiger charge is 2.15. The molecule has 2 nitrogen and oxygen atoms in total. The van der Waals surface area contributed by atoms with Gasteiger partial charge >= 0.3 is 0 Å². The Labute approximate surface area is 106 Å². The minimum atomic E-state index is -0.214. The molecular weight excluding hydrogens is 240 g/mol. The third-order valence-corrected chi connectivity index (χ3v) is 3.45. The molecular formula is C12H15ClN2S. The smallest absolute Gasteiger partial charge is 0.0960 e. The van der Waals surface area contributed by atoms with Gasteiger partial charge in [-0.2, -0.15) is 5.26 Å². The summed E-state index contributed by atoms with van der Waals surface area (Å²) in [6.07, 6.45) is 3.60. The monoisotopic (exact) mass is 254 g/mol. The number of pyridine rings is 1. The Morgan fingerprint density at radius 3 is 2.81 bits per heavy atom. The number of rotatable bonds is 5. The molecule has 1 aromatic rings. The van der Waals surface area contributed by atoms with Crippen LogP contribution >= 0.6 is 23.4 Å². The maximum atomic E-state index is 8.86. The summed E-state index contributed by atoms with van der Waals surface area (Å²) >= 11 is 7.44. The van der Waals surface area contributed by atoms with Crippen LogP contribution in [-0.2, 0) is 0 Å². The number of hydrogen-bond acceptors (Lipinski definition) is 3. The Morgan fingerprint density at radius 2 is 2.25 bits per heavy atom. The molecule has 4 heteroatoms. The second-order valence-electron chi connectivity index (χ2n) is 4.26. The van der Waals surface area contributed by atoms with Crippen molar-refractivity contribution in [2.24, 2.45) is 5.41 Å². The molecule has 16 heavy (non-hydrogen) atoms. The predicted octanol–water partition coefficient (Wildman–Crippen LogP) is 4.16. The van der Waals surface area contributed by atoms with Crippen molar-refractivity contribution in [2.45, 2.75) is 31.7 Å². The van der Waals surface area contributed by atoms with Crippen molar-refractivity contribution < 1.29 is 0 Å². The van der Waals surface area contributed by atoms with E-state index in [0.717, 1.165) is 23.6 Å². The van der Waals surface area contributed by atoms with Crippen LogP contribution in [0.3, 0.4) is 0 Å². The van der Waals surface area contributed by atoms with Gasteiger partial charge in [0.2, 0.25) is 0 Å². The highest BCUT2D eigenvalue weighted by molar-refractivity contribution is 7.99. The minimum Gasteiger partial charge on any atom is -0.248 e. The molecule has 0 spiro atoms. The number of halogens is 1. The summed E-state index contributed by atoms with van der Waals surface area (Å²) in [7, 11) is 0. The first-order valence-electron chi connectivity index (χ1n) is 5.19. The van der Waals surface area contributed by atoms with E-state index in [1.165, 1.54) is 0 Å². The number of nitriles is 1. The SMILES string of the molecule is CC(C)(C#N)CCCSc1ccc(Cl)cn1. The van der Waals surface area contributed by atoms with E-state index in [0.29, 0.717) is 5.02 Å². The fourth-order valence-electron chi connectivity index (χ4n) is 1.19. The van der Waals surface area contributed by atoms with Crippen LogP contribution in [0, 0.1) is 16.7 Å². The normalized spacial score (nSPS) is 11.1. The molecule has 0 bridgehead atoms. The first kappa shape index (κ1) is 13.3. The van der Waals surface area contributed by atoms with Crippen LogP contribution < -0.4 is 0 Å². The molecule has 0 aliphatic carbocycles. The van der Waals surface area contributed by atoms with Gasteiger partial charge in [-0.05, 0) is 44.6 Å². The summed E-state index contributed by atoms with van der Waals surface area (Å²) in [6.45, 7) is 3.94. The first-order valence-corrected chi connectivity index (χ1v) is 6.55. The zero-order chi connectivity index (χ0) is 12.0. The molecule has 0 N–H and O–H groups in total. The van der Waals surface area contributed by atoms with Gasteiger partial charge in [0.25, 0.3) is 0 Å². The molecule has 0 saturated carbocycles. The molecule has 0 saturated heterocycles. The van der Waals surface area contributed by atoms with Crippen molar-refractivity contribution in [3.05, 3.63) is 23.4 Å². The lowest BCUT2D eigenvalue weighted by atomic mass is 9.90. The van der Waals surface area contributed by atoms with Crippen LogP contribution in [0.4, 0.5) is 0 Å². The maximum absolute atomic E-state index is 8.86. The van der Waals surface area contributed by atoms with Gasteiger partial charge in [0, 0.05) is 6.20 Å². The molecule has 86 valence electrons. The van der Waals surface area contributed by atoms with Crippen LogP contribution in [0.2, 0.25) is 5.02 Å². The maximum Gasteiger partial charge on any atom is 0.0960 e. The van der Waals surface area contributed by atoms with E-state index in [1.54, 1.807) is 18.0 Å². The van der Waals surface area contributed by atoms with E-state index < -0.39 is 0 Å². The van der Waals surface area contributed by atoms with Gasteiger partial charge in [-0.15, -0.1) is 11.8 Å². The molecule has 0 amide bonds. The molecule has 1 aromatic heterocycles. The number of thioether (sulfide) groups is 1. The summed E-state index contributed by atoms with van der Waals surface area (Å²) < 4.78 is 0. The van der Waals surface area contributed by atoms with Crippen LogP contribution in [0.5, 0.6) is 0 Å². The van der Waals surface area contributed by atoms with Gasteiger partial charge in [-0.1, -0.05) is 11.6 Å². The summed E-state index contributed by atoms with van der Waals surface area (Å²) in [6, 6.07) is 6.07. The zero-order valence-electron chi connectivity index (χ0n) is 9.53. The van der Waals surface area contributed by atoms with Gasteiger partial charge < -0.3 is 0 Å². The highest BCUT2D eigenvalue weighted by atomic mass is 35.5. The van der Waals surface area contributed by atoms with E-state index in [1.807, 2.05) is 26.0 Å². The van der Waals surface area contributed by atoms with Crippen molar-refractivity contribution in [3.63, 3.8) is 0 Å². The van der Waals surface area contributed by atoms with Gasteiger partial charge in [0.15, 0.2) is 0 Å². The van der Waals surface area contributed by atoms with Crippen molar-refractivity contribution >= 4 is 23.4 Å².